The van der Waals surface area contributed by atoms with Crippen molar-refractivity contribution in [1.82, 2.24) is 5.32 Å². The average molecular weight is 301 g/mol. The first-order chi connectivity index (χ1) is 10.3. The van der Waals surface area contributed by atoms with Crippen LogP contribution in [0.25, 0.3) is 0 Å². The summed E-state index contributed by atoms with van der Waals surface area (Å²) < 4.78 is 5.19. The van der Waals surface area contributed by atoms with E-state index in [0.29, 0.717) is 6.04 Å². The predicted octanol–water partition coefficient (Wildman–Crippen LogP) is 4.01. The Kier molecular flexibility index (Phi) is 6.64. The summed E-state index contributed by atoms with van der Waals surface area (Å²) in [5.74, 6) is 2.01. The second-order valence-electron chi connectivity index (χ2n) is 5.00. The normalized spacial score (nSPS) is 12.1. The minimum Gasteiger partial charge on any atom is -0.497 e. The molecule has 0 aliphatic rings. The summed E-state index contributed by atoms with van der Waals surface area (Å²) >= 11 is 1.91. The van der Waals surface area contributed by atoms with Gasteiger partial charge in [-0.3, -0.25) is 0 Å². The minimum atomic E-state index is 0.525. The molecule has 2 rings (SSSR count). The topological polar surface area (TPSA) is 21.3 Å². The molecule has 3 heteroatoms. The van der Waals surface area contributed by atoms with E-state index in [-0.39, 0.29) is 0 Å². The molecule has 2 aromatic rings. The van der Waals surface area contributed by atoms with Crippen molar-refractivity contribution in [3.63, 3.8) is 0 Å². The van der Waals surface area contributed by atoms with Crippen LogP contribution in [0.2, 0.25) is 0 Å². The Morgan fingerprint density at radius 3 is 2.38 bits per heavy atom. The molecule has 1 atom stereocenters. The molecule has 0 heterocycles. The van der Waals surface area contributed by atoms with Crippen molar-refractivity contribution in [2.75, 3.05) is 19.9 Å². The van der Waals surface area contributed by atoms with Crippen molar-refractivity contribution < 1.29 is 4.74 Å². The molecule has 0 aliphatic carbocycles. The molecule has 0 aromatic heterocycles. The summed E-state index contributed by atoms with van der Waals surface area (Å²) in [6, 6.07) is 19.5. The van der Waals surface area contributed by atoms with E-state index < -0.39 is 0 Å². The van der Waals surface area contributed by atoms with E-state index in [1.807, 2.05) is 30.9 Å². The number of hydrogen-bond acceptors (Lipinski definition) is 3. The third kappa shape index (κ3) is 5.44. The Balaban J connectivity index is 1.79. The molecule has 2 aromatic carbocycles. The summed E-state index contributed by atoms with van der Waals surface area (Å²) in [5.41, 5.74) is 1.36. The van der Waals surface area contributed by atoms with Crippen molar-refractivity contribution >= 4 is 11.8 Å². The SMILES string of the molecule is CNC(CCc1ccc(OC)cc1)CSc1ccccc1. The number of ether oxygens (including phenoxy) is 1. The smallest absolute Gasteiger partial charge is 0.118 e. The first-order valence-corrected chi connectivity index (χ1v) is 8.28. The summed E-state index contributed by atoms with van der Waals surface area (Å²) in [5, 5.41) is 3.42. The first-order valence-electron chi connectivity index (χ1n) is 7.30. The van der Waals surface area contributed by atoms with Crippen LogP contribution in [-0.2, 0) is 6.42 Å². The van der Waals surface area contributed by atoms with Gasteiger partial charge in [-0.05, 0) is 49.7 Å². The van der Waals surface area contributed by atoms with E-state index in [4.69, 9.17) is 4.74 Å². The zero-order valence-electron chi connectivity index (χ0n) is 12.7. The van der Waals surface area contributed by atoms with Crippen LogP contribution >= 0.6 is 11.8 Å². The van der Waals surface area contributed by atoms with Crippen LogP contribution in [0.3, 0.4) is 0 Å². The average Bonchev–Trinajstić information content (AvgIpc) is 2.56. The third-order valence-electron chi connectivity index (χ3n) is 3.54. The summed E-state index contributed by atoms with van der Waals surface area (Å²) in [6.07, 6.45) is 2.23. The lowest BCUT2D eigenvalue weighted by Gasteiger charge is -2.16. The van der Waals surface area contributed by atoms with Crippen molar-refractivity contribution in [1.29, 1.82) is 0 Å². The first kappa shape index (κ1) is 15.9. The Labute approximate surface area is 131 Å². The molecule has 0 radical (unpaired) electrons. The fraction of sp³-hybridized carbons (Fsp3) is 0.333. The third-order valence-corrected chi connectivity index (χ3v) is 4.72. The van der Waals surface area contributed by atoms with Crippen LogP contribution in [0, 0.1) is 0 Å². The molecule has 0 amide bonds. The predicted molar refractivity (Wildman–Crippen MR) is 91.3 cm³/mol. The highest BCUT2D eigenvalue weighted by molar-refractivity contribution is 7.99. The quantitative estimate of drug-likeness (QED) is 0.744. The van der Waals surface area contributed by atoms with Gasteiger partial charge in [0.25, 0.3) is 0 Å². The van der Waals surface area contributed by atoms with Gasteiger partial charge in [0.2, 0.25) is 0 Å². The second kappa shape index (κ2) is 8.75. The lowest BCUT2D eigenvalue weighted by Crippen LogP contribution is -2.28. The summed E-state index contributed by atoms with van der Waals surface area (Å²) in [7, 11) is 3.75. The maximum atomic E-state index is 5.19. The maximum absolute atomic E-state index is 5.19. The number of nitrogens with one attached hydrogen (secondary N) is 1. The Morgan fingerprint density at radius 2 is 1.76 bits per heavy atom. The summed E-state index contributed by atoms with van der Waals surface area (Å²) in [4.78, 5) is 1.34. The van der Waals surface area contributed by atoms with Gasteiger partial charge in [-0.25, -0.2) is 0 Å². The van der Waals surface area contributed by atoms with Crippen molar-refractivity contribution in [2.45, 2.75) is 23.8 Å². The van der Waals surface area contributed by atoms with Crippen LogP contribution < -0.4 is 10.1 Å². The molecular weight excluding hydrogens is 278 g/mol. The van der Waals surface area contributed by atoms with E-state index in [2.05, 4.69) is 47.8 Å². The molecule has 1 N–H and O–H groups in total. The van der Waals surface area contributed by atoms with Crippen molar-refractivity contribution in [3.05, 3.63) is 60.2 Å². The molecular formula is C18H23NOS. The lowest BCUT2D eigenvalue weighted by atomic mass is 10.1. The number of methoxy groups -OCH3 is 1. The highest BCUT2D eigenvalue weighted by Gasteiger charge is 2.07. The molecule has 0 saturated carbocycles. The zero-order valence-corrected chi connectivity index (χ0v) is 13.5. The fourth-order valence-corrected chi connectivity index (χ4v) is 3.23. The Hall–Kier alpha value is -1.45. The molecule has 1 unspecified atom stereocenters. The van der Waals surface area contributed by atoms with Gasteiger partial charge in [0.1, 0.15) is 5.75 Å². The molecule has 0 aliphatic heterocycles. The van der Waals surface area contributed by atoms with Crippen LogP contribution in [-0.4, -0.2) is 26.0 Å². The monoisotopic (exact) mass is 301 g/mol. The highest BCUT2D eigenvalue weighted by Crippen LogP contribution is 2.20. The number of thioether (sulfide) groups is 1. The Morgan fingerprint density at radius 1 is 1.05 bits per heavy atom. The summed E-state index contributed by atoms with van der Waals surface area (Å²) in [6.45, 7) is 0. The maximum Gasteiger partial charge on any atom is 0.118 e. The minimum absolute atomic E-state index is 0.525. The van der Waals surface area contributed by atoms with Gasteiger partial charge in [-0.15, -0.1) is 11.8 Å². The van der Waals surface area contributed by atoms with Crippen molar-refractivity contribution in [3.8, 4) is 5.75 Å². The van der Waals surface area contributed by atoms with Gasteiger partial charge in [-0.2, -0.15) is 0 Å². The van der Waals surface area contributed by atoms with E-state index in [1.165, 1.54) is 10.5 Å². The Bertz CT molecular complexity index is 513. The van der Waals surface area contributed by atoms with Crippen LogP contribution in [0.1, 0.15) is 12.0 Å². The van der Waals surface area contributed by atoms with E-state index in [9.17, 15) is 0 Å². The van der Waals surface area contributed by atoms with E-state index >= 15 is 0 Å². The van der Waals surface area contributed by atoms with E-state index in [1.54, 1.807) is 7.11 Å². The molecule has 0 saturated heterocycles. The number of aryl methyl sites for hydroxylation is 1. The van der Waals surface area contributed by atoms with Crippen LogP contribution in [0.4, 0.5) is 0 Å². The molecule has 0 spiro atoms. The van der Waals surface area contributed by atoms with Crippen LogP contribution in [0.15, 0.2) is 59.5 Å². The second-order valence-corrected chi connectivity index (χ2v) is 6.09. The standard InChI is InChI=1S/C18H23NOS/c1-19-16(14-21-18-6-4-3-5-7-18)11-8-15-9-12-17(20-2)13-10-15/h3-7,9-10,12-13,16,19H,8,11,14H2,1-2H3. The molecule has 2 nitrogen and oxygen atoms in total. The van der Waals surface area contributed by atoms with Crippen LogP contribution in [0.5, 0.6) is 5.75 Å². The van der Waals surface area contributed by atoms with Gasteiger partial charge in [0.05, 0.1) is 7.11 Å². The van der Waals surface area contributed by atoms with Gasteiger partial charge < -0.3 is 10.1 Å². The largest absolute Gasteiger partial charge is 0.497 e. The van der Waals surface area contributed by atoms with Gasteiger partial charge >= 0.3 is 0 Å². The number of rotatable bonds is 8. The lowest BCUT2D eigenvalue weighted by molar-refractivity contribution is 0.414. The molecule has 112 valence electrons. The van der Waals surface area contributed by atoms with Gasteiger partial charge in [0, 0.05) is 16.7 Å². The highest BCUT2D eigenvalue weighted by atomic mass is 32.2. The fourth-order valence-electron chi connectivity index (χ4n) is 2.16. The van der Waals surface area contributed by atoms with Gasteiger partial charge in [-0.1, -0.05) is 30.3 Å². The number of benzene rings is 2. The van der Waals surface area contributed by atoms with Gasteiger partial charge in [0.15, 0.2) is 0 Å². The molecule has 0 bridgehead atoms. The van der Waals surface area contributed by atoms with E-state index in [0.717, 1.165) is 24.3 Å². The molecule has 0 fully saturated rings. The van der Waals surface area contributed by atoms with Crippen molar-refractivity contribution in [2.24, 2.45) is 0 Å². The molecule has 21 heavy (non-hydrogen) atoms. The zero-order chi connectivity index (χ0) is 14.9. The number of hydrogen-bond donors (Lipinski definition) is 1.